The van der Waals surface area contributed by atoms with E-state index < -0.39 is 5.54 Å². The number of carbonyl (C=O) groups is 2. The number of likely N-dealkylation sites (N-methyl/N-ethyl adjacent to an activating group) is 1. The van der Waals surface area contributed by atoms with E-state index in [1.165, 1.54) is 11.8 Å². The Hall–Kier alpha value is -2.67. The number of amidine groups is 1. The average Bonchev–Trinajstić information content (AvgIpc) is 3.33. The third-order valence-electron chi connectivity index (χ3n) is 6.42. The van der Waals surface area contributed by atoms with E-state index in [1.807, 2.05) is 43.6 Å². The lowest BCUT2D eigenvalue weighted by Crippen LogP contribution is -2.58. The van der Waals surface area contributed by atoms with E-state index in [4.69, 9.17) is 4.99 Å². The fourth-order valence-corrected chi connectivity index (χ4v) is 5.85. The number of anilines is 1. The number of hydrogen-bond donors (Lipinski definition) is 0. The van der Waals surface area contributed by atoms with Gasteiger partial charge in [0.15, 0.2) is 10.7 Å². The highest BCUT2D eigenvalue weighted by Gasteiger charge is 2.62. The van der Waals surface area contributed by atoms with Gasteiger partial charge in [0.05, 0.1) is 0 Å². The summed E-state index contributed by atoms with van der Waals surface area (Å²) in [7, 11) is 1.82. The molecule has 0 saturated heterocycles. The maximum absolute atomic E-state index is 13.6. The van der Waals surface area contributed by atoms with Gasteiger partial charge >= 0.3 is 0 Å². The number of amides is 2. The topological polar surface area (TPSA) is 65.9 Å². The standard InChI is InChI=1S/C22H22N4O2S/c1-25-17-11-4-3-8-14(17)22(20(25)28)15-9-7-12-18(15)26(21(24-22)29-2)19(27)16-10-5-6-13-23-16/h3-6,8,10-11,13,15,18H,7,9,12H2,1-2H3/t15-,18-,22+/m0/s1. The highest BCUT2D eigenvalue weighted by Crippen LogP contribution is 2.55. The zero-order valence-corrected chi connectivity index (χ0v) is 17.2. The molecule has 1 aliphatic carbocycles. The van der Waals surface area contributed by atoms with Crippen LogP contribution in [-0.2, 0) is 10.3 Å². The van der Waals surface area contributed by atoms with E-state index in [0.717, 1.165) is 30.5 Å². The maximum Gasteiger partial charge on any atom is 0.278 e. The van der Waals surface area contributed by atoms with Crippen LogP contribution in [0.4, 0.5) is 5.69 Å². The summed E-state index contributed by atoms with van der Waals surface area (Å²) in [5.41, 5.74) is 1.34. The van der Waals surface area contributed by atoms with Gasteiger partial charge in [0.2, 0.25) is 0 Å². The normalized spacial score (nSPS) is 27.8. The monoisotopic (exact) mass is 406 g/mol. The number of nitrogens with zero attached hydrogens (tertiary/aromatic N) is 4. The number of pyridine rings is 1. The van der Waals surface area contributed by atoms with Crippen molar-refractivity contribution in [3.63, 3.8) is 0 Å². The largest absolute Gasteiger partial charge is 0.313 e. The number of aliphatic imine (C=N–C) groups is 1. The zero-order chi connectivity index (χ0) is 20.2. The first kappa shape index (κ1) is 18.4. The van der Waals surface area contributed by atoms with Crippen LogP contribution in [-0.4, -0.2) is 46.2 Å². The smallest absolute Gasteiger partial charge is 0.278 e. The van der Waals surface area contributed by atoms with Gasteiger partial charge in [-0.2, -0.15) is 0 Å². The third kappa shape index (κ3) is 2.43. The summed E-state index contributed by atoms with van der Waals surface area (Å²) in [6.45, 7) is 0. The summed E-state index contributed by atoms with van der Waals surface area (Å²) < 4.78 is 0. The van der Waals surface area contributed by atoms with Crippen LogP contribution in [0.5, 0.6) is 0 Å². The van der Waals surface area contributed by atoms with E-state index >= 15 is 0 Å². The van der Waals surface area contributed by atoms with Crippen molar-refractivity contribution in [3.05, 3.63) is 59.9 Å². The number of carbonyl (C=O) groups excluding carboxylic acids is 2. The molecular weight excluding hydrogens is 384 g/mol. The van der Waals surface area contributed by atoms with Crippen LogP contribution >= 0.6 is 11.8 Å². The van der Waals surface area contributed by atoms with Crippen molar-refractivity contribution in [2.75, 3.05) is 18.2 Å². The van der Waals surface area contributed by atoms with Crippen molar-refractivity contribution in [1.29, 1.82) is 0 Å². The molecule has 7 heteroatoms. The number of rotatable bonds is 1. The molecule has 1 aromatic carbocycles. The summed E-state index contributed by atoms with van der Waals surface area (Å²) in [4.78, 5) is 39.8. The Bertz CT molecular complexity index is 1020. The lowest BCUT2D eigenvalue weighted by atomic mass is 9.75. The molecule has 3 aliphatic rings. The van der Waals surface area contributed by atoms with Gasteiger partial charge in [-0.05, 0) is 37.3 Å². The van der Waals surface area contributed by atoms with Crippen molar-refractivity contribution >= 4 is 34.4 Å². The highest BCUT2D eigenvalue weighted by atomic mass is 32.2. The van der Waals surface area contributed by atoms with E-state index in [1.54, 1.807) is 28.1 Å². The molecule has 29 heavy (non-hydrogen) atoms. The number of aromatic nitrogens is 1. The molecule has 2 aliphatic heterocycles. The fourth-order valence-electron chi connectivity index (χ4n) is 5.20. The molecule has 1 fully saturated rings. The van der Waals surface area contributed by atoms with E-state index in [-0.39, 0.29) is 23.8 Å². The molecule has 148 valence electrons. The van der Waals surface area contributed by atoms with Gasteiger partial charge in [0, 0.05) is 36.5 Å². The average molecular weight is 407 g/mol. The van der Waals surface area contributed by atoms with E-state index in [9.17, 15) is 9.59 Å². The molecule has 3 atom stereocenters. The number of thioether (sulfide) groups is 1. The Morgan fingerprint density at radius 3 is 2.72 bits per heavy atom. The van der Waals surface area contributed by atoms with Crippen molar-refractivity contribution in [2.45, 2.75) is 30.8 Å². The number of benzene rings is 1. The van der Waals surface area contributed by atoms with Gasteiger partial charge in [-0.1, -0.05) is 42.4 Å². The number of hydrogen-bond acceptors (Lipinski definition) is 5. The Labute approximate surface area is 174 Å². The molecule has 2 aromatic rings. The minimum atomic E-state index is -0.939. The summed E-state index contributed by atoms with van der Waals surface area (Å²) in [5.74, 6) is -0.172. The molecule has 2 amide bonds. The van der Waals surface area contributed by atoms with Crippen LogP contribution in [0, 0.1) is 5.92 Å². The molecule has 6 nitrogen and oxygen atoms in total. The molecule has 0 radical (unpaired) electrons. The Morgan fingerprint density at radius 1 is 1.17 bits per heavy atom. The first-order valence-electron chi connectivity index (χ1n) is 9.85. The maximum atomic E-state index is 13.6. The zero-order valence-electron chi connectivity index (χ0n) is 16.4. The van der Waals surface area contributed by atoms with Crippen molar-refractivity contribution in [3.8, 4) is 0 Å². The lowest BCUT2D eigenvalue weighted by Gasteiger charge is -2.44. The van der Waals surface area contributed by atoms with Crippen LogP contribution < -0.4 is 4.90 Å². The van der Waals surface area contributed by atoms with Crippen LogP contribution in [0.25, 0.3) is 0 Å². The van der Waals surface area contributed by atoms with E-state index in [2.05, 4.69) is 4.98 Å². The minimum absolute atomic E-state index is 0.00656. The van der Waals surface area contributed by atoms with Gasteiger partial charge in [-0.3, -0.25) is 19.5 Å². The van der Waals surface area contributed by atoms with Crippen LogP contribution in [0.2, 0.25) is 0 Å². The Kier molecular flexibility index (Phi) is 4.24. The Balaban J connectivity index is 1.70. The number of para-hydroxylation sites is 1. The highest BCUT2D eigenvalue weighted by molar-refractivity contribution is 8.13. The SMILES string of the molecule is CSC1=N[C@@]2(C(=O)N(C)c3ccccc32)[C@H]2CCC[C@@H]2N1C(=O)c1ccccn1. The second kappa shape index (κ2) is 6.69. The van der Waals surface area contributed by atoms with Crippen LogP contribution in [0.1, 0.15) is 35.3 Å². The predicted molar refractivity (Wildman–Crippen MR) is 114 cm³/mol. The van der Waals surface area contributed by atoms with Crippen LogP contribution in [0.3, 0.4) is 0 Å². The first-order valence-corrected chi connectivity index (χ1v) is 11.1. The summed E-state index contributed by atoms with van der Waals surface area (Å²) in [5, 5.41) is 0.599. The van der Waals surface area contributed by atoms with Gasteiger partial charge < -0.3 is 4.90 Å². The van der Waals surface area contributed by atoms with Crippen LogP contribution in [0.15, 0.2) is 53.7 Å². The molecule has 3 heterocycles. The fraction of sp³-hybridized carbons (Fsp3) is 0.364. The third-order valence-corrected chi connectivity index (χ3v) is 7.07. The van der Waals surface area contributed by atoms with E-state index in [0.29, 0.717) is 10.9 Å². The lowest BCUT2D eigenvalue weighted by molar-refractivity contribution is -0.125. The molecular formula is C22H22N4O2S. The molecule has 0 unspecified atom stereocenters. The van der Waals surface area contributed by atoms with Gasteiger partial charge in [-0.25, -0.2) is 4.99 Å². The van der Waals surface area contributed by atoms with Crippen molar-refractivity contribution in [1.82, 2.24) is 9.88 Å². The van der Waals surface area contributed by atoms with Gasteiger partial charge in [-0.15, -0.1) is 0 Å². The summed E-state index contributed by atoms with van der Waals surface area (Å²) in [6.07, 6.45) is 6.25. The van der Waals surface area contributed by atoms with Crippen molar-refractivity contribution < 1.29 is 9.59 Å². The number of fused-ring (bicyclic) bond motifs is 4. The van der Waals surface area contributed by atoms with Crippen molar-refractivity contribution in [2.24, 2.45) is 10.9 Å². The second-order valence-corrected chi connectivity index (χ2v) is 8.51. The summed E-state index contributed by atoms with van der Waals surface area (Å²) in [6, 6.07) is 13.2. The minimum Gasteiger partial charge on any atom is -0.313 e. The molecule has 1 spiro atoms. The molecule has 0 N–H and O–H groups in total. The molecule has 1 saturated carbocycles. The summed E-state index contributed by atoms with van der Waals surface area (Å²) >= 11 is 1.42. The molecule has 5 rings (SSSR count). The molecule has 0 bridgehead atoms. The second-order valence-electron chi connectivity index (χ2n) is 7.74. The van der Waals surface area contributed by atoms with Gasteiger partial charge in [0.1, 0.15) is 5.69 Å². The Morgan fingerprint density at radius 2 is 1.97 bits per heavy atom. The molecule has 1 aromatic heterocycles. The predicted octanol–water partition coefficient (Wildman–Crippen LogP) is 3.30. The quantitative estimate of drug-likeness (QED) is 0.729. The van der Waals surface area contributed by atoms with Gasteiger partial charge in [0.25, 0.3) is 11.8 Å². The first-order chi connectivity index (χ1) is 14.1.